The Morgan fingerprint density at radius 1 is 1.30 bits per heavy atom. The predicted molar refractivity (Wildman–Crippen MR) is 83.8 cm³/mol. The molecule has 2 rings (SSSR count). The Morgan fingerprint density at radius 2 is 2.05 bits per heavy atom. The highest BCUT2D eigenvalue weighted by atomic mass is 15.1. The number of aromatic nitrogens is 1. The lowest BCUT2D eigenvalue weighted by Crippen LogP contribution is -2.29. The second-order valence-electron chi connectivity index (χ2n) is 5.20. The van der Waals surface area contributed by atoms with Gasteiger partial charge in [-0.25, -0.2) is 0 Å². The molecular weight excluding hydrogens is 246 g/mol. The molecule has 0 N–H and O–H groups in total. The third-order valence-electron chi connectivity index (χ3n) is 3.79. The molecule has 0 fully saturated rings. The van der Waals surface area contributed by atoms with Gasteiger partial charge in [-0.05, 0) is 18.9 Å². The third kappa shape index (κ3) is 2.75. The number of nitriles is 1. The number of hydrogen-bond acceptors (Lipinski definition) is 3. The number of fused-ring (bicyclic) bond motifs is 1. The minimum Gasteiger partial charge on any atom is -0.370 e. The molecule has 20 heavy (non-hydrogen) atoms. The molecule has 0 aliphatic carbocycles. The van der Waals surface area contributed by atoms with Crippen LogP contribution >= 0.6 is 0 Å². The van der Waals surface area contributed by atoms with Gasteiger partial charge >= 0.3 is 0 Å². The van der Waals surface area contributed by atoms with Crippen molar-refractivity contribution in [1.29, 1.82) is 5.26 Å². The third-order valence-corrected chi connectivity index (χ3v) is 3.79. The van der Waals surface area contributed by atoms with Crippen LogP contribution in [0, 0.1) is 17.2 Å². The Labute approximate surface area is 120 Å². The zero-order valence-electron chi connectivity index (χ0n) is 12.4. The van der Waals surface area contributed by atoms with E-state index in [9.17, 15) is 5.26 Å². The summed E-state index contributed by atoms with van der Waals surface area (Å²) in [6.45, 7) is 8.45. The minimum atomic E-state index is 0.605. The summed E-state index contributed by atoms with van der Waals surface area (Å²) in [5.74, 6) is 0.605. The van der Waals surface area contributed by atoms with E-state index in [1.54, 1.807) is 6.20 Å². The molecule has 0 radical (unpaired) electrons. The maximum Gasteiger partial charge on any atom is 0.103 e. The van der Waals surface area contributed by atoms with Crippen molar-refractivity contribution in [1.82, 2.24) is 4.98 Å². The summed E-state index contributed by atoms with van der Waals surface area (Å²) in [6.07, 6.45) is 2.83. The molecule has 0 saturated carbocycles. The summed E-state index contributed by atoms with van der Waals surface area (Å²) in [4.78, 5) is 6.68. The van der Waals surface area contributed by atoms with Gasteiger partial charge in [-0.2, -0.15) is 5.26 Å². The number of benzene rings is 1. The summed E-state index contributed by atoms with van der Waals surface area (Å²) in [5.41, 5.74) is 2.64. The van der Waals surface area contributed by atoms with Crippen LogP contribution in [0.4, 0.5) is 5.69 Å². The van der Waals surface area contributed by atoms with Gasteiger partial charge in [0, 0.05) is 24.7 Å². The van der Waals surface area contributed by atoms with E-state index < -0.39 is 0 Å². The van der Waals surface area contributed by atoms with Gasteiger partial charge in [0.05, 0.1) is 16.8 Å². The van der Waals surface area contributed by atoms with Crippen molar-refractivity contribution in [3.63, 3.8) is 0 Å². The zero-order valence-corrected chi connectivity index (χ0v) is 12.4. The zero-order chi connectivity index (χ0) is 14.5. The van der Waals surface area contributed by atoms with Crippen molar-refractivity contribution in [2.24, 2.45) is 5.92 Å². The Kier molecular flexibility index (Phi) is 4.57. The van der Waals surface area contributed by atoms with E-state index in [1.165, 1.54) is 0 Å². The standard InChI is InChI=1S/C17H21N3/c1-4-13(3)12-20(5-2)17-14(10-18)11-19-16-9-7-6-8-15(16)17/h6-9,11,13H,4-5,12H2,1-3H3. The molecule has 0 aliphatic heterocycles. The molecule has 1 aromatic heterocycles. The van der Waals surface area contributed by atoms with E-state index in [1.807, 2.05) is 18.2 Å². The predicted octanol–water partition coefficient (Wildman–Crippen LogP) is 3.98. The van der Waals surface area contributed by atoms with Crippen molar-refractivity contribution in [3.05, 3.63) is 36.0 Å². The van der Waals surface area contributed by atoms with Gasteiger partial charge in [0.25, 0.3) is 0 Å². The van der Waals surface area contributed by atoms with Crippen LogP contribution < -0.4 is 4.90 Å². The lowest BCUT2D eigenvalue weighted by atomic mass is 10.1. The normalized spacial score (nSPS) is 12.1. The van der Waals surface area contributed by atoms with Crippen molar-refractivity contribution in [2.75, 3.05) is 18.0 Å². The Balaban J connectivity index is 2.57. The maximum absolute atomic E-state index is 9.40. The first-order valence-electron chi connectivity index (χ1n) is 7.24. The molecule has 1 heterocycles. The molecule has 1 unspecified atom stereocenters. The average molecular weight is 267 g/mol. The van der Waals surface area contributed by atoms with Crippen LogP contribution in [0.2, 0.25) is 0 Å². The Morgan fingerprint density at radius 3 is 2.70 bits per heavy atom. The number of rotatable bonds is 5. The van der Waals surface area contributed by atoms with Crippen LogP contribution in [0.3, 0.4) is 0 Å². The molecule has 0 saturated heterocycles. The second-order valence-corrected chi connectivity index (χ2v) is 5.20. The summed E-state index contributed by atoms with van der Waals surface area (Å²) in [6, 6.07) is 10.3. The molecule has 0 spiro atoms. The highest BCUT2D eigenvalue weighted by Gasteiger charge is 2.16. The van der Waals surface area contributed by atoms with Gasteiger partial charge in [-0.3, -0.25) is 4.98 Å². The smallest absolute Gasteiger partial charge is 0.103 e. The molecule has 2 aromatic rings. The van der Waals surface area contributed by atoms with Crippen molar-refractivity contribution in [3.8, 4) is 6.07 Å². The van der Waals surface area contributed by atoms with Crippen molar-refractivity contribution in [2.45, 2.75) is 27.2 Å². The average Bonchev–Trinajstić information content (AvgIpc) is 2.51. The fourth-order valence-electron chi connectivity index (χ4n) is 2.43. The first kappa shape index (κ1) is 14.3. The van der Waals surface area contributed by atoms with Gasteiger partial charge in [0.2, 0.25) is 0 Å². The Bertz CT molecular complexity index is 628. The lowest BCUT2D eigenvalue weighted by molar-refractivity contribution is 0.548. The largest absolute Gasteiger partial charge is 0.370 e. The Hall–Kier alpha value is -2.08. The second kappa shape index (κ2) is 6.38. The van der Waals surface area contributed by atoms with Gasteiger partial charge < -0.3 is 4.90 Å². The van der Waals surface area contributed by atoms with E-state index in [4.69, 9.17) is 0 Å². The molecule has 104 valence electrons. The molecule has 0 bridgehead atoms. The number of pyridine rings is 1. The molecule has 3 heteroatoms. The van der Waals surface area contributed by atoms with E-state index >= 15 is 0 Å². The first-order chi connectivity index (χ1) is 9.71. The maximum atomic E-state index is 9.40. The van der Waals surface area contributed by atoms with Crippen LogP contribution in [-0.4, -0.2) is 18.1 Å². The molecule has 1 atom stereocenters. The number of anilines is 1. The highest BCUT2D eigenvalue weighted by molar-refractivity contribution is 5.94. The number of nitrogens with zero attached hydrogens (tertiary/aromatic N) is 3. The fraction of sp³-hybridized carbons (Fsp3) is 0.412. The fourth-order valence-corrected chi connectivity index (χ4v) is 2.43. The van der Waals surface area contributed by atoms with Crippen molar-refractivity contribution >= 4 is 16.6 Å². The molecule has 3 nitrogen and oxygen atoms in total. The monoisotopic (exact) mass is 267 g/mol. The van der Waals surface area contributed by atoms with Gasteiger partial charge in [0.1, 0.15) is 6.07 Å². The van der Waals surface area contributed by atoms with E-state index in [0.29, 0.717) is 11.5 Å². The molecule has 0 amide bonds. The van der Waals surface area contributed by atoms with E-state index in [0.717, 1.165) is 36.1 Å². The van der Waals surface area contributed by atoms with Crippen LogP contribution in [0.1, 0.15) is 32.8 Å². The lowest BCUT2D eigenvalue weighted by Gasteiger charge is -2.28. The van der Waals surface area contributed by atoms with E-state index in [-0.39, 0.29) is 0 Å². The van der Waals surface area contributed by atoms with Gasteiger partial charge in [-0.15, -0.1) is 0 Å². The quantitative estimate of drug-likeness (QED) is 0.822. The molecule has 1 aromatic carbocycles. The minimum absolute atomic E-state index is 0.605. The van der Waals surface area contributed by atoms with E-state index in [2.05, 4.69) is 42.8 Å². The van der Waals surface area contributed by atoms with Crippen LogP contribution in [0.5, 0.6) is 0 Å². The van der Waals surface area contributed by atoms with Crippen molar-refractivity contribution < 1.29 is 0 Å². The molecular formula is C17H21N3. The summed E-state index contributed by atoms with van der Waals surface area (Å²) in [5, 5.41) is 10.5. The summed E-state index contributed by atoms with van der Waals surface area (Å²) < 4.78 is 0. The first-order valence-corrected chi connectivity index (χ1v) is 7.24. The van der Waals surface area contributed by atoms with Crippen LogP contribution in [0.25, 0.3) is 10.9 Å². The summed E-state index contributed by atoms with van der Waals surface area (Å²) in [7, 11) is 0. The summed E-state index contributed by atoms with van der Waals surface area (Å²) >= 11 is 0. The van der Waals surface area contributed by atoms with Crippen LogP contribution in [-0.2, 0) is 0 Å². The van der Waals surface area contributed by atoms with Gasteiger partial charge in [-0.1, -0.05) is 38.5 Å². The van der Waals surface area contributed by atoms with Crippen LogP contribution in [0.15, 0.2) is 30.5 Å². The topological polar surface area (TPSA) is 39.9 Å². The molecule has 0 aliphatic rings. The number of hydrogen-bond donors (Lipinski definition) is 0. The highest BCUT2D eigenvalue weighted by Crippen LogP contribution is 2.29. The SMILES string of the molecule is CCC(C)CN(CC)c1c(C#N)cnc2ccccc12. The number of para-hydroxylation sites is 1. The van der Waals surface area contributed by atoms with Gasteiger partial charge in [0.15, 0.2) is 0 Å².